The van der Waals surface area contributed by atoms with E-state index in [1.807, 2.05) is 0 Å². The molecule has 0 bridgehead atoms. The zero-order valence-corrected chi connectivity index (χ0v) is 24.5. The van der Waals surface area contributed by atoms with Gasteiger partial charge in [0.2, 0.25) is 0 Å². The lowest BCUT2D eigenvalue weighted by molar-refractivity contribution is 0.671. The SMILES string of the molecule is [2H]c1cc2c(oc3c(-c4c([2H])c([2H])c([2H])c([2H])c4[2H])c([2H])c([2H])c([2H])c32)c(-c2c3c([2H])c([2H])c([2H])c([2H])c3c(-c3c([2H])c([2H])c([2H])c(-c4c([2H])c([2H])c([2H])c5c([2H])c([2H])c([2H])c([2H])c45)c3[2H])c3c([2H])c([2H])c([2H])c([2H])c23)c1[2H]. The zero-order chi connectivity index (χ0) is 57.5. The van der Waals surface area contributed by atoms with Crippen LogP contribution in [-0.4, -0.2) is 0 Å². The first-order valence-electron chi connectivity index (χ1n) is 29.0. The molecule has 0 fully saturated rings. The molecule has 0 spiro atoms. The van der Waals surface area contributed by atoms with Gasteiger partial charge >= 0.3 is 0 Å². The Morgan fingerprint density at radius 2 is 0.837 bits per heavy atom. The molecule has 0 aliphatic carbocycles. The lowest BCUT2D eigenvalue weighted by atomic mass is 9.85. The van der Waals surface area contributed by atoms with Gasteiger partial charge in [-0.05, 0) is 66.2 Å². The fraction of sp³-hybridized carbons (Fsp3) is 0. The van der Waals surface area contributed by atoms with Crippen LogP contribution >= 0.6 is 0 Å². The first-order valence-corrected chi connectivity index (χ1v) is 14.5. The summed E-state index contributed by atoms with van der Waals surface area (Å²) in [6.07, 6.45) is 0. The molecule has 0 unspecified atom stereocenters. The molecule has 0 aliphatic heterocycles. The van der Waals surface area contributed by atoms with Crippen LogP contribution in [0.2, 0.25) is 0 Å². The molecule has 0 atom stereocenters. The third kappa shape index (κ3) is 4.33. The number of hydrogen-bond donors (Lipinski definition) is 0. The summed E-state index contributed by atoms with van der Waals surface area (Å²) in [6.45, 7) is 0. The van der Waals surface area contributed by atoms with E-state index in [1.165, 1.54) is 0 Å². The number of fused-ring (bicyclic) bond motifs is 6. The van der Waals surface area contributed by atoms with Gasteiger partial charge in [-0.3, -0.25) is 0 Å². The predicted molar refractivity (Wildman–Crippen MR) is 208 cm³/mol. The van der Waals surface area contributed by atoms with Crippen molar-refractivity contribution in [3.8, 4) is 44.5 Å². The second-order valence-corrected chi connectivity index (χ2v) is 10.6. The van der Waals surface area contributed by atoms with Crippen molar-refractivity contribution in [2.24, 2.45) is 0 Å². The molecule has 0 aliphatic rings. The highest BCUT2D eigenvalue weighted by Crippen LogP contribution is 2.47. The van der Waals surface area contributed by atoms with Gasteiger partial charge in [-0.15, -0.1) is 0 Å². The van der Waals surface area contributed by atoms with Gasteiger partial charge < -0.3 is 4.42 Å². The summed E-state index contributed by atoms with van der Waals surface area (Å²) in [4.78, 5) is 0. The van der Waals surface area contributed by atoms with Gasteiger partial charge in [-0.25, -0.2) is 0 Å². The lowest BCUT2D eigenvalue weighted by Crippen LogP contribution is -1.91. The van der Waals surface area contributed by atoms with E-state index in [0.717, 1.165) is 6.07 Å². The van der Waals surface area contributed by atoms with E-state index in [4.69, 9.17) is 31.8 Å². The molecule has 49 heavy (non-hydrogen) atoms. The third-order valence-electron chi connectivity index (χ3n) is 8.00. The standard InChI is InChI=1S/C48H30O/c1-2-14-32(15-3-1)37-26-12-27-42-43-28-13-29-44(48(43)49-47(37)42)46-40-23-8-6-21-38(40)45(39-22-7-9-24-41(39)46)34-19-10-18-33(30-34)36-25-11-17-31-16-4-5-20-35(31)36/h1-30H/i1D,2D,3D,4D,5D,6D,7D,8D,9D,10D,11D,12D,13D,14D,15D,16D,17D,18D,19D,20D,21D,22D,23D,24D,25D,26D,27D,29D,30D. The Balaban J connectivity index is 1.50. The van der Waals surface area contributed by atoms with E-state index in [1.54, 1.807) is 0 Å². The van der Waals surface area contributed by atoms with Gasteiger partial charge in [0.15, 0.2) is 0 Å². The molecule has 1 heteroatoms. The monoisotopic (exact) mass is 651 g/mol. The van der Waals surface area contributed by atoms with Gasteiger partial charge in [-0.2, -0.15) is 0 Å². The maximum atomic E-state index is 9.90. The topological polar surface area (TPSA) is 13.1 Å². The quantitative estimate of drug-likeness (QED) is 0.173. The minimum absolute atomic E-state index is 0.333. The number of benzene rings is 9. The second kappa shape index (κ2) is 11.1. The second-order valence-electron chi connectivity index (χ2n) is 10.6. The van der Waals surface area contributed by atoms with Crippen LogP contribution in [0.15, 0.2) is 186 Å². The van der Waals surface area contributed by atoms with Gasteiger partial charge in [0, 0.05) is 27.5 Å². The van der Waals surface area contributed by atoms with E-state index in [2.05, 4.69) is 0 Å². The smallest absolute Gasteiger partial charge is 0.143 e. The van der Waals surface area contributed by atoms with Crippen LogP contribution in [0.5, 0.6) is 0 Å². The van der Waals surface area contributed by atoms with Gasteiger partial charge in [0.25, 0.3) is 0 Å². The van der Waals surface area contributed by atoms with Crippen LogP contribution in [0.4, 0.5) is 0 Å². The van der Waals surface area contributed by atoms with E-state index in [9.17, 15) is 12.3 Å². The Labute approximate surface area is 325 Å². The summed E-state index contributed by atoms with van der Waals surface area (Å²) in [7, 11) is 0. The third-order valence-corrected chi connectivity index (χ3v) is 8.00. The summed E-state index contributed by atoms with van der Waals surface area (Å²) >= 11 is 0. The van der Waals surface area contributed by atoms with E-state index in [0.29, 0.717) is 0 Å². The van der Waals surface area contributed by atoms with Crippen LogP contribution in [0.1, 0.15) is 39.8 Å². The summed E-state index contributed by atoms with van der Waals surface area (Å²) in [5.41, 5.74) is -7.18. The molecule has 1 nitrogen and oxygen atoms in total. The number of rotatable bonds is 4. The molecule has 10 aromatic rings. The van der Waals surface area contributed by atoms with E-state index in [-0.39, 0.29) is 5.39 Å². The lowest BCUT2D eigenvalue weighted by Gasteiger charge is -2.18. The summed E-state index contributed by atoms with van der Waals surface area (Å²) in [5.74, 6) is 0. The van der Waals surface area contributed by atoms with Crippen molar-refractivity contribution in [1.82, 2.24) is 0 Å². The van der Waals surface area contributed by atoms with Crippen molar-refractivity contribution in [2.75, 3.05) is 0 Å². The predicted octanol–water partition coefficient (Wildman–Crippen LogP) is 13.7. The molecule has 0 radical (unpaired) electrons. The molecule has 0 saturated carbocycles. The Morgan fingerprint density at radius 1 is 0.327 bits per heavy atom. The Bertz CT molecular complexity index is 4420. The zero-order valence-electron chi connectivity index (χ0n) is 53.5. The minimum atomic E-state index is -1.10. The summed E-state index contributed by atoms with van der Waals surface area (Å²) in [5, 5.41) is -5.08. The average molecular weight is 652 g/mol. The van der Waals surface area contributed by atoms with Crippen molar-refractivity contribution in [3.63, 3.8) is 0 Å². The van der Waals surface area contributed by atoms with Crippen molar-refractivity contribution in [3.05, 3.63) is 181 Å². The molecule has 0 amide bonds. The molecule has 1 aromatic heterocycles. The van der Waals surface area contributed by atoms with Gasteiger partial charge in [0.05, 0.1) is 39.8 Å². The molecule has 0 N–H and O–H groups in total. The van der Waals surface area contributed by atoms with Crippen LogP contribution < -0.4 is 0 Å². The highest BCUT2D eigenvalue weighted by atomic mass is 16.3. The maximum Gasteiger partial charge on any atom is 0.143 e. The molecule has 0 saturated heterocycles. The fourth-order valence-corrected chi connectivity index (χ4v) is 5.96. The van der Waals surface area contributed by atoms with E-state index < -0.39 is 269 Å². The van der Waals surface area contributed by atoms with Crippen LogP contribution in [-0.2, 0) is 0 Å². The first kappa shape index (κ1) is 11.3. The van der Waals surface area contributed by atoms with E-state index >= 15 is 0 Å². The average Bonchev–Trinajstić information content (AvgIpc) is 3.83. The van der Waals surface area contributed by atoms with Crippen LogP contribution in [0.3, 0.4) is 0 Å². The van der Waals surface area contributed by atoms with Gasteiger partial charge in [0.1, 0.15) is 11.2 Å². The Kier molecular flexibility index (Phi) is 2.56. The Morgan fingerprint density at radius 3 is 1.61 bits per heavy atom. The largest absolute Gasteiger partial charge is 0.455 e. The number of hydrogen-bond acceptors (Lipinski definition) is 1. The van der Waals surface area contributed by atoms with Crippen molar-refractivity contribution in [2.45, 2.75) is 0 Å². The number of para-hydroxylation sites is 2. The maximum absolute atomic E-state index is 9.90. The molecule has 9 aromatic carbocycles. The van der Waals surface area contributed by atoms with Gasteiger partial charge in [-0.1, -0.05) is 175 Å². The fourth-order valence-electron chi connectivity index (χ4n) is 5.96. The highest BCUT2D eigenvalue weighted by Gasteiger charge is 2.21. The summed E-state index contributed by atoms with van der Waals surface area (Å²) < 4.78 is 267. The normalized spacial score (nSPS) is 20.0. The first-order chi connectivity index (χ1) is 36.4. The highest BCUT2D eigenvalue weighted by molar-refractivity contribution is 6.24. The van der Waals surface area contributed by atoms with Crippen LogP contribution in [0, 0.1) is 0 Å². The molecule has 228 valence electrons. The summed E-state index contributed by atoms with van der Waals surface area (Å²) in [6, 6.07) is -26.1. The van der Waals surface area contributed by atoms with Crippen molar-refractivity contribution >= 4 is 54.3 Å². The molecule has 1 heterocycles. The number of furan rings is 1. The molecular weight excluding hydrogens is 593 g/mol. The van der Waals surface area contributed by atoms with Crippen LogP contribution in [0.25, 0.3) is 98.8 Å². The minimum Gasteiger partial charge on any atom is -0.455 e. The van der Waals surface area contributed by atoms with Crippen molar-refractivity contribution in [1.29, 1.82) is 0 Å². The molecular formula is C48H30O. The molecule has 10 rings (SSSR count). The Hall–Kier alpha value is -6.44. The van der Waals surface area contributed by atoms with Crippen molar-refractivity contribution < 1.29 is 44.2 Å².